The van der Waals surface area contributed by atoms with Crippen molar-refractivity contribution in [3.8, 4) is 0 Å². The van der Waals surface area contributed by atoms with Gasteiger partial charge >= 0.3 is 5.97 Å². The van der Waals surface area contributed by atoms with Crippen molar-refractivity contribution in [1.29, 1.82) is 0 Å². The molecular formula is C16H16N2O3S2. The van der Waals surface area contributed by atoms with Crippen molar-refractivity contribution < 1.29 is 14.3 Å². The Labute approximate surface area is 142 Å². The van der Waals surface area contributed by atoms with Gasteiger partial charge in [-0.25, -0.2) is 9.78 Å². The Kier molecular flexibility index (Phi) is 3.57. The summed E-state index contributed by atoms with van der Waals surface area (Å²) >= 11 is 3.20. The van der Waals surface area contributed by atoms with Gasteiger partial charge < -0.3 is 9.64 Å². The van der Waals surface area contributed by atoms with Crippen LogP contribution in [-0.4, -0.2) is 38.4 Å². The van der Waals surface area contributed by atoms with Crippen molar-refractivity contribution in [2.45, 2.75) is 37.3 Å². The lowest BCUT2D eigenvalue weighted by atomic mass is 10.2. The molecular weight excluding hydrogens is 332 g/mol. The van der Waals surface area contributed by atoms with Gasteiger partial charge in [-0.3, -0.25) is 4.79 Å². The highest BCUT2D eigenvalue weighted by Crippen LogP contribution is 2.47. The fourth-order valence-corrected chi connectivity index (χ4v) is 5.50. The van der Waals surface area contributed by atoms with Gasteiger partial charge in [0.25, 0.3) is 0 Å². The Balaban J connectivity index is 1.45. The van der Waals surface area contributed by atoms with Crippen LogP contribution >= 0.6 is 23.1 Å². The molecule has 120 valence electrons. The lowest BCUT2D eigenvalue weighted by Gasteiger charge is -2.29. The predicted molar refractivity (Wildman–Crippen MR) is 90.1 cm³/mol. The molecule has 0 N–H and O–H groups in total. The van der Waals surface area contributed by atoms with Crippen LogP contribution in [0.3, 0.4) is 0 Å². The molecule has 2 aliphatic rings. The molecule has 3 heterocycles. The largest absolute Gasteiger partial charge is 0.457 e. The first-order valence-electron chi connectivity index (χ1n) is 7.54. The number of amides is 1. The lowest BCUT2D eigenvalue weighted by Crippen LogP contribution is -2.46. The van der Waals surface area contributed by atoms with E-state index in [4.69, 9.17) is 4.74 Å². The zero-order valence-electron chi connectivity index (χ0n) is 12.7. The van der Waals surface area contributed by atoms with E-state index in [0.29, 0.717) is 12.2 Å². The highest BCUT2D eigenvalue weighted by molar-refractivity contribution is 8.01. The summed E-state index contributed by atoms with van der Waals surface area (Å²) in [7, 11) is 0. The number of carbonyl (C=O) groups is 2. The Hall–Kier alpha value is -1.60. The number of aromatic nitrogens is 1. The summed E-state index contributed by atoms with van der Waals surface area (Å²) in [5, 5.41) is 0.778. The normalized spacial score (nSPS) is 26.7. The number of rotatable bonds is 3. The van der Waals surface area contributed by atoms with Gasteiger partial charge in [-0.05, 0) is 25.5 Å². The molecule has 2 atom stereocenters. The SMILES string of the molecule is C[C@@]12CCC(=O)N1[C@H](C(=O)OCc1nc3ccccc3s1)CS2. The highest BCUT2D eigenvalue weighted by atomic mass is 32.2. The van der Waals surface area contributed by atoms with Crippen LogP contribution in [0.25, 0.3) is 10.2 Å². The van der Waals surface area contributed by atoms with Crippen LogP contribution in [0.2, 0.25) is 0 Å². The minimum Gasteiger partial charge on any atom is -0.457 e. The summed E-state index contributed by atoms with van der Waals surface area (Å²) in [6.45, 7) is 2.20. The smallest absolute Gasteiger partial charge is 0.330 e. The standard InChI is InChI=1S/C16H16N2O3S2/c1-16-7-6-14(19)18(16)11(9-22-16)15(20)21-8-13-17-10-4-2-3-5-12(10)23-13/h2-5,11H,6-9H2,1H3/t11-,16+/m0/s1. The molecule has 0 bridgehead atoms. The van der Waals surface area contributed by atoms with Crippen molar-refractivity contribution in [2.24, 2.45) is 0 Å². The molecule has 0 unspecified atom stereocenters. The quantitative estimate of drug-likeness (QED) is 0.798. The summed E-state index contributed by atoms with van der Waals surface area (Å²) in [6, 6.07) is 7.38. The van der Waals surface area contributed by atoms with E-state index in [-0.39, 0.29) is 23.4 Å². The maximum Gasteiger partial charge on any atom is 0.330 e. The molecule has 0 spiro atoms. The summed E-state index contributed by atoms with van der Waals surface area (Å²) in [5.41, 5.74) is 0.919. The first kappa shape index (κ1) is 15.0. The molecule has 5 nitrogen and oxygen atoms in total. The van der Waals surface area contributed by atoms with E-state index >= 15 is 0 Å². The highest BCUT2D eigenvalue weighted by Gasteiger charge is 2.53. The van der Waals surface area contributed by atoms with Crippen molar-refractivity contribution >= 4 is 45.2 Å². The molecule has 2 fully saturated rings. The Morgan fingerprint density at radius 1 is 1.48 bits per heavy atom. The van der Waals surface area contributed by atoms with Gasteiger partial charge in [-0.15, -0.1) is 23.1 Å². The van der Waals surface area contributed by atoms with Crippen LogP contribution < -0.4 is 0 Å². The third-order valence-corrected chi connectivity index (χ3v) is 6.91. The number of hydrogen-bond acceptors (Lipinski definition) is 6. The molecule has 1 aromatic carbocycles. The maximum atomic E-state index is 12.4. The Morgan fingerprint density at radius 3 is 3.13 bits per heavy atom. The summed E-state index contributed by atoms with van der Waals surface area (Å²) in [6.07, 6.45) is 1.32. The number of esters is 1. The molecule has 2 saturated heterocycles. The molecule has 2 aliphatic heterocycles. The average molecular weight is 348 g/mol. The van der Waals surface area contributed by atoms with Crippen LogP contribution in [-0.2, 0) is 20.9 Å². The van der Waals surface area contributed by atoms with Crippen molar-refractivity contribution in [3.05, 3.63) is 29.3 Å². The number of benzene rings is 1. The summed E-state index contributed by atoms with van der Waals surface area (Å²) in [5.74, 6) is 0.344. The fourth-order valence-electron chi connectivity index (χ4n) is 3.21. The van der Waals surface area contributed by atoms with Gasteiger partial charge in [0.15, 0.2) is 0 Å². The van der Waals surface area contributed by atoms with Gasteiger partial charge in [0.1, 0.15) is 17.7 Å². The zero-order chi connectivity index (χ0) is 16.0. The lowest BCUT2D eigenvalue weighted by molar-refractivity contribution is -0.154. The number of nitrogens with zero attached hydrogens (tertiary/aromatic N) is 2. The number of thioether (sulfide) groups is 1. The molecule has 0 radical (unpaired) electrons. The van der Waals surface area contributed by atoms with Crippen LogP contribution in [0.5, 0.6) is 0 Å². The van der Waals surface area contributed by atoms with Crippen LogP contribution in [0.15, 0.2) is 24.3 Å². The Morgan fingerprint density at radius 2 is 2.30 bits per heavy atom. The number of para-hydroxylation sites is 1. The van der Waals surface area contributed by atoms with Crippen molar-refractivity contribution in [3.63, 3.8) is 0 Å². The van der Waals surface area contributed by atoms with E-state index in [1.807, 2.05) is 31.2 Å². The second-order valence-electron chi connectivity index (χ2n) is 5.95. The molecule has 2 aromatic rings. The molecule has 4 rings (SSSR count). The number of fused-ring (bicyclic) bond motifs is 2. The van der Waals surface area contributed by atoms with Gasteiger partial charge in [-0.2, -0.15) is 0 Å². The van der Waals surface area contributed by atoms with E-state index in [1.54, 1.807) is 16.7 Å². The number of carbonyl (C=O) groups excluding carboxylic acids is 2. The van der Waals surface area contributed by atoms with Gasteiger partial charge in [-0.1, -0.05) is 12.1 Å². The van der Waals surface area contributed by atoms with Crippen molar-refractivity contribution in [1.82, 2.24) is 9.88 Å². The monoisotopic (exact) mass is 348 g/mol. The molecule has 7 heteroatoms. The number of ether oxygens (including phenoxy) is 1. The molecule has 0 saturated carbocycles. The van der Waals surface area contributed by atoms with Gasteiger partial charge in [0.05, 0.1) is 15.1 Å². The van der Waals surface area contributed by atoms with E-state index in [0.717, 1.165) is 21.6 Å². The van der Waals surface area contributed by atoms with E-state index in [1.165, 1.54) is 11.3 Å². The third kappa shape index (κ3) is 2.52. The van der Waals surface area contributed by atoms with Crippen LogP contribution in [0.4, 0.5) is 0 Å². The second kappa shape index (κ2) is 5.49. The van der Waals surface area contributed by atoms with E-state index < -0.39 is 6.04 Å². The molecule has 23 heavy (non-hydrogen) atoms. The van der Waals surface area contributed by atoms with Gasteiger partial charge in [0, 0.05) is 12.2 Å². The predicted octanol–water partition coefficient (Wildman–Crippen LogP) is 2.79. The topological polar surface area (TPSA) is 59.5 Å². The van der Waals surface area contributed by atoms with E-state index in [9.17, 15) is 9.59 Å². The summed E-state index contributed by atoms with van der Waals surface area (Å²) in [4.78, 5) is 30.4. The Bertz CT molecular complexity index is 757. The van der Waals surface area contributed by atoms with Crippen LogP contribution in [0, 0.1) is 0 Å². The number of hydrogen-bond donors (Lipinski definition) is 0. The molecule has 1 aromatic heterocycles. The minimum absolute atomic E-state index is 0.0550. The minimum atomic E-state index is -0.464. The second-order valence-corrected chi connectivity index (χ2v) is 8.57. The third-order valence-electron chi connectivity index (χ3n) is 4.39. The van der Waals surface area contributed by atoms with Crippen LogP contribution in [0.1, 0.15) is 24.8 Å². The number of thiazole rings is 1. The molecule has 0 aliphatic carbocycles. The van der Waals surface area contributed by atoms with Gasteiger partial charge in [0.2, 0.25) is 5.91 Å². The first-order chi connectivity index (χ1) is 11.1. The summed E-state index contributed by atoms with van der Waals surface area (Å²) < 4.78 is 6.53. The zero-order valence-corrected chi connectivity index (χ0v) is 14.3. The fraction of sp³-hybridized carbons (Fsp3) is 0.438. The van der Waals surface area contributed by atoms with Crippen molar-refractivity contribution in [2.75, 3.05) is 5.75 Å². The average Bonchev–Trinajstić information content (AvgIpc) is 3.18. The van der Waals surface area contributed by atoms with E-state index in [2.05, 4.69) is 4.98 Å². The molecule has 1 amide bonds. The maximum absolute atomic E-state index is 12.4. The first-order valence-corrected chi connectivity index (χ1v) is 9.34.